The second kappa shape index (κ2) is 5.71. The van der Waals surface area contributed by atoms with Crippen molar-refractivity contribution >= 4 is 5.91 Å². The molecule has 1 rings (SSSR count). The molecule has 0 bridgehead atoms. The van der Waals surface area contributed by atoms with Gasteiger partial charge in [-0.1, -0.05) is 6.92 Å². The summed E-state index contributed by atoms with van der Waals surface area (Å²) < 4.78 is 37.1. The molecule has 6 heteroatoms. The molecule has 1 amide bonds. The van der Waals surface area contributed by atoms with E-state index in [4.69, 9.17) is 5.73 Å². The standard InChI is InChI=1S/C11H19F3N2O/c1-8(3-2-6-15)10(17)16(9-4-5-9)7-11(12,13)14/h8-9H,2-7,15H2,1H3. The van der Waals surface area contributed by atoms with Crippen molar-refractivity contribution in [2.24, 2.45) is 11.7 Å². The smallest absolute Gasteiger partial charge is 0.330 e. The zero-order valence-corrected chi connectivity index (χ0v) is 9.96. The predicted molar refractivity (Wildman–Crippen MR) is 58.2 cm³/mol. The van der Waals surface area contributed by atoms with Crippen LogP contribution in [-0.4, -0.2) is 36.1 Å². The zero-order valence-electron chi connectivity index (χ0n) is 9.96. The maximum Gasteiger partial charge on any atom is 0.406 e. The maximum atomic E-state index is 12.4. The monoisotopic (exact) mass is 252 g/mol. The number of hydrogen-bond acceptors (Lipinski definition) is 2. The molecule has 0 aliphatic heterocycles. The number of nitrogens with zero attached hydrogens (tertiary/aromatic N) is 1. The number of carbonyl (C=O) groups is 1. The van der Waals surface area contributed by atoms with Gasteiger partial charge >= 0.3 is 6.18 Å². The highest BCUT2D eigenvalue weighted by molar-refractivity contribution is 5.79. The molecule has 1 unspecified atom stereocenters. The lowest BCUT2D eigenvalue weighted by molar-refractivity contribution is -0.164. The van der Waals surface area contributed by atoms with Crippen molar-refractivity contribution in [3.8, 4) is 0 Å². The van der Waals surface area contributed by atoms with E-state index >= 15 is 0 Å². The van der Waals surface area contributed by atoms with Crippen molar-refractivity contribution in [3.63, 3.8) is 0 Å². The molecule has 0 radical (unpaired) electrons. The molecule has 1 fully saturated rings. The van der Waals surface area contributed by atoms with Gasteiger partial charge in [-0.15, -0.1) is 0 Å². The Morgan fingerprint density at radius 3 is 2.47 bits per heavy atom. The summed E-state index contributed by atoms with van der Waals surface area (Å²) in [6, 6.07) is -0.204. The van der Waals surface area contributed by atoms with E-state index in [9.17, 15) is 18.0 Å². The van der Waals surface area contributed by atoms with Crippen molar-refractivity contribution in [1.82, 2.24) is 4.90 Å². The normalized spacial score (nSPS) is 17.9. The largest absolute Gasteiger partial charge is 0.406 e. The van der Waals surface area contributed by atoms with Gasteiger partial charge in [0, 0.05) is 12.0 Å². The van der Waals surface area contributed by atoms with E-state index in [1.807, 2.05) is 0 Å². The first-order chi connectivity index (χ1) is 7.85. The number of rotatable bonds is 6. The molecule has 2 N–H and O–H groups in total. The molecular weight excluding hydrogens is 233 g/mol. The first-order valence-corrected chi connectivity index (χ1v) is 5.92. The van der Waals surface area contributed by atoms with Crippen LogP contribution in [0.25, 0.3) is 0 Å². The molecule has 1 atom stereocenters. The van der Waals surface area contributed by atoms with Crippen LogP contribution in [0.3, 0.4) is 0 Å². The number of alkyl halides is 3. The molecule has 0 aromatic heterocycles. The molecule has 3 nitrogen and oxygen atoms in total. The molecule has 1 aliphatic rings. The lowest BCUT2D eigenvalue weighted by atomic mass is 10.0. The number of amides is 1. The number of carbonyl (C=O) groups excluding carboxylic acids is 1. The molecule has 17 heavy (non-hydrogen) atoms. The summed E-state index contributed by atoms with van der Waals surface area (Å²) in [6.45, 7) is 1.01. The fourth-order valence-corrected chi connectivity index (χ4v) is 1.80. The molecule has 0 aromatic rings. The Hall–Kier alpha value is -0.780. The summed E-state index contributed by atoms with van der Waals surface area (Å²) in [7, 11) is 0. The third-order valence-electron chi connectivity index (χ3n) is 2.88. The van der Waals surface area contributed by atoms with Crippen LogP contribution in [0.15, 0.2) is 0 Å². The number of nitrogens with two attached hydrogens (primary N) is 1. The van der Waals surface area contributed by atoms with Crippen LogP contribution in [0.5, 0.6) is 0 Å². The fourth-order valence-electron chi connectivity index (χ4n) is 1.80. The molecular formula is C11H19F3N2O. The summed E-state index contributed by atoms with van der Waals surface area (Å²) in [5, 5.41) is 0. The highest BCUT2D eigenvalue weighted by Crippen LogP contribution is 2.31. The van der Waals surface area contributed by atoms with Crippen LogP contribution in [0.2, 0.25) is 0 Å². The summed E-state index contributed by atoms with van der Waals surface area (Å²) in [5.41, 5.74) is 5.32. The van der Waals surface area contributed by atoms with Crippen LogP contribution < -0.4 is 5.73 Å². The van der Waals surface area contributed by atoms with Gasteiger partial charge in [0.2, 0.25) is 5.91 Å². The van der Waals surface area contributed by atoms with E-state index in [1.165, 1.54) is 0 Å². The Morgan fingerprint density at radius 1 is 1.47 bits per heavy atom. The molecule has 100 valence electrons. The maximum absolute atomic E-state index is 12.4. The van der Waals surface area contributed by atoms with Crippen LogP contribution in [0.1, 0.15) is 32.6 Å². The second-order valence-electron chi connectivity index (χ2n) is 4.64. The van der Waals surface area contributed by atoms with Crippen LogP contribution in [0.4, 0.5) is 13.2 Å². The summed E-state index contributed by atoms with van der Waals surface area (Å²) in [6.07, 6.45) is -1.73. The summed E-state index contributed by atoms with van der Waals surface area (Å²) >= 11 is 0. The van der Waals surface area contributed by atoms with Crippen LogP contribution >= 0.6 is 0 Å². The van der Waals surface area contributed by atoms with Gasteiger partial charge in [-0.2, -0.15) is 13.2 Å². The minimum atomic E-state index is -4.31. The van der Waals surface area contributed by atoms with Crippen molar-refractivity contribution in [2.75, 3.05) is 13.1 Å². The van der Waals surface area contributed by atoms with Gasteiger partial charge in [-0.05, 0) is 32.2 Å². The lowest BCUT2D eigenvalue weighted by Gasteiger charge is -2.26. The number of hydrogen-bond donors (Lipinski definition) is 1. The minimum absolute atomic E-state index is 0.204. The third kappa shape index (κ3) is 4.93. The molecule has 0 spiro atoms. The van der Waals surface area contributed by atoms with Gasteiger partial charge in [0.05, 0.1) is 0 Å². The second-order valence-corrected chi connectivity index (χ2v) is 4.64. The summed E-state index contributed by atoms with van der Waals surface area (Å²) in [5.74, 6) is -0.764. The van der Waals surface area contributed by atoms with Crippen molar-refractivity contribution in [2.45, 2.75) is 44.8 Å². The quantitative estimate of drug-likeness (QED) is 0.785. The number of halogens is 3. The van der Waals surface area contributed by atoms with Gasteiger partial charge in [0.25, 0.3) is 0 Å². The van der Waals surface area contributed by atoms with Gasteiger partial charge in [-0.25, -0.2) is 0 Å². The molecule has 0 aromatic carbocycles. The molecule has 0 saturated heterocycles. The zero-order chi connectivity index (χ0) is 13.1. The Labute approximate surface area is 99.1 Å². The van der Waals surface area contributed by atoms with E-state index in [-0.39, 0.29) is 12.0 Å². The Morgan fingerprint density at radius 2 is 2.06 bits per heavy atom. The predicted octanol–water partition coefficient (Wildman–Crippen LogP) is 1.91. The van der Waals surface area contributed by atoms with E-state index in [1.54, 1.807) is 6.92 Å². The highest BCUT2D eigenvalue weighted by Gasteiger charge is 2.41. The van der Waals surface area contributed by atoms with Crippen LogP contribution in [0, 0.1) is 5.92 Å². The average Bonchev–Trinajstić information content (AvgIpc) is 3.04. The topological polar surface area (TPSA) is 46.3 Å². The van der Waals surface area contributed by atoms with Crippen molar-refractivity contribution in [1.29, 1.82) is 0 Å². The average molecular weight is 252 g/mol. The fraction of sp³-hybridized carbons (Fsp3) is 0.909. The SMILES string of the molecule is CC(CCCN)C(=O)N(CC(F)(F)F)C1CC1. The van der Waals surface area contributed by atoms with Crippen molar-refractivity contribution < 1.29 is 18.0 Å². The van der Waals surface area contributed by atoms with E-state index in [2.05, 4.69) is 0 Å². The van der Waals surface area contributed by atoms with E-state index < -0.39 is 18.6 Å². The van der Waals surface area contributed by atoms with E-state index in [0.29, 0.717) is 32.2 Å². The highest BCUT2D eigenvalue weighted by atomic mass is 19.4. The summed E-state index contributed by atoms with van der Waals surface area (Å²) in [4.78, 5) is 12.9. The Bertz CT molecular complexity index is 264. The van der Waals surface area contributed by atoms with Gasteiger partial charge in [-0.3, -0.25) is 4.79 Å². The third-order valence-corrected chi connectivity index (χ3v) is 2.88. The Kier molecular flexibility index (Phi) is 4.80. The first kappa shape index (κ1) is 14.3. The lowest BCUT2D eigenvalue weighted by Crippen LogP contribution is -2.43. The minimum Gasteiger partial charge on any atom is -0.330 e. The van der Waals surface area contributed by atoms with Gasteiger partial charge < -0.3 is 10.6 Å². The Balaban J connectivity index is 2.54. The molecule has 0 heterocycles. The van der Waals surface area contributed by atoms with E-state index in [0.717, 1.165) is 4.90 Å². The molecule has 1 saturated carbocycles. The molecule has 1 aliphatic carbocycles. The van der Waals surface area contributed by atoms with Gasteiger partial charge in [0.1, 0.15) is 6.54 Å². The van der Waals surface area contributed by atoms with Gasteiger partial charge in [0.15, 0.2) is 0 Å². The first-order valence-electron chi connectivity index (χ1n) is 5.92. The van der Waals surface area contributed by atoms with Crippen molar-refractivity contribution in [3.05, 3.63) is 0 Å². The van der Waals surface area contributed by atoms with Crippen LogP contribution in [-0.2, 0) is 4.79 Å².